The zero-order chi connectivity index (χ0) is 17.6. The summed E-state index contributed by atoms with van der Waals surface area (Å²) in [5.74, 6) is 1.12. The highest BCUT2D eigenvalue weighted by molar-refractivity contribution is 5.94. The number of anilines is 2. The van der Waals surface area contributed by atoms with Gasteiger partial charge in [0.25, 0.3) is 5.91 Å². The topological polar surface area (TPSA) is 50.8 Å². The molecule has 0 aliphatic carbocycles. The van der Waals surface area contributed by atoms with E-state index < -0.39 is 6.10 Å². The summed E-state index contributed by atoms with van der Waals surface area (Å²) in [4.78, 5) is 14.7. The summed E-state index contributed by atoms with van der Waals surface area (Å²) in [5.41, 5.74) is 1.98. The van der Waals surface area contributed by atoms with Gasteiger partial charge in [-0.3, -0.25) is 4.79 Å². The van der Waals surface area contributed by atoms with Crippen LogP contribution in [0.15, 0.2) is 48.5 Å². The quantitative estimate of drug-likeness (QED) is 0.871. The van der Waals surface area contributed by atoms with Gasteiger partial charge >= 0.3 is 0 Å². The Bertz CT molecular complexity index is 709. The van der Waals surface area contributed by atoms with Crippen LogP contribution in [-0.4, -0.2) is 32.2 Å². The second kappa shape index (κ2) is 7.92. The van der Waals surface area contributed by atoms with Crippen molar-refractivity contribution in [3.8, 4) is 11.5 Å². The number of hydrogen-bond donors (Lipinski definition) is 1. The summed E-state index contributed by atoms with van der Waals surface area (Å²) in [7, 11) is 1.60. The maximum absolute atomic E-state index is 12.3. The molecule has 0 radical (unpaired) electrons. The Balaban J connectivity index is 1.57. The number of amides is 1. The zero-order valence-corrected chi connectivity index (χ0v) is 14.7. The first-order valence-electron chi connectivity index (χ1n) is 8.62. The molecule has 1 aliphatic rings. The lowest BCUT2D eigenvalue weighted by molar-refractivity contribution is -0.122. The molecule has 0 saturated carbocycles. The summed E-state index contributed by atoms with van der Waals surface area (Å²) in [6, 6.07) is 15.2. The van der Waals surface area contributed by atoms with Gasteiger partial charge in [-0.1, -0.05) is 6.07 Å². The highest BCUT2D eigenvalue weighted by Gasteiger charge is 2.16. The summed E-state index contributed by atoms with van der Waals surface area (Å²) in [6.07, 6.45) is 1.89. The maximum atomic E-state index is 12.3. The van der Waals surface area contributed by atoms with Gasteiger partial charge in [0, 0.05) is 30.5 Å². The van der Waals surface area contributed by atoms with Gasteiger partial charge in [0.2, 0.25) is 0 Å². The number of carbonyl (C=O) groups excluding carboxylic acids is 1. The summed E-state index contributed by atoms with van der Waals surface area (Å²) < 4.78 is 10.9. The number of rotatable bonds is 6. The largest absolute Gasteiger partial charge is 0.497 e. The van der Waals surface area contributed by atoms with Crippen LogP contribution in [-0.2, 0) is 4.79 Å². The average molecular weight is 340 g/mol. The van der Waals surface area contributed by atoms with Crippen LogP contribution in [0.2, 0.25) is 0 Å². The van der Waals surface area contributed by atoms with E-state index in [0.29, 0.717) is 11.5 Å². The molecule has 5 nitrogen and oxygen atoms in total. The Labute approximate surface area is 148 Å². The van der Waals surface area contributed by atoms with Crippen molar-refractivity contribution in [3.63, 3.8) is 0 Å². The van der Waals surface area contributed by atoms with Crippen molar-refractivity contribution >= 4 is 17.3 Å². The predicted octanol–water partition coefficient (Wildman–Crippen LogP) is 3.70. The van der Waals surface area contributed by atoms with Crippen molar-refractivity contribution in [1.29, 1.82) is 0 Å². The average Bonchev–Trinajstić information content (AvgIpc) is 3.17. The molecular formula is C20H24N2O3. The molecule has 0 spiro atoms. The Hall–Kier alpha value is -2.69. The highest BCUT2D eigenvalue weighted by Crippen LogP contribution is 2.23. The van der Waals surface area contributed by atoms with Gasteiger partial charge in [0.15, 0.2) is 6.10 Å². The molecule has 1 aliphatic heterocycles. The molecule has 0 unspecified atom stereocenters. The van der Waals surface area contributed by atoms with Gasteiger partial charge in [0.05, 0.1) is 7.11 Å². The molecule has 0 bridgehead atoms. The minimum absolute atomic E-state index is 0.184. The smallest absolute Gasteiger partial charge is 0.265 e. The molecule has 5 heteroatoms. The minimum atomic E-state index is -0.606. The molecular weight excluding hydrogens is 316 g/mol. The summed E-state index contributed by atoms with van der Waals surface area (Å²) in [5, 5.41) is 2.89. The van der Waals surface area contributed by atoms with E-state index in [1.807, 2.05) is 24.3 Å². The fraction of sp³-hybridized carbons (Fsp3) is 0.350. The first-order chi connectivity index (χ1) is 12.2. The lowest BCUT2D eigenvalue weighted by Gasteiger charge is -2.18. The van der Waals surface area contributed by atoms with Crippen LogP contribution in [0.25, 0.3) is 0 Å². The molecule has 1 heterocycles. The van der Waals surface area contributed by atoms with Gasteiger partial charge in [-0.25, -0.2) is 0 Å². The second-order valence-electron chi connectivity index (χ2n) is 6.17. The van der Waals surface area contributed by atoms with E-state index in [-0.39, 0.29) is 5.91 Å². The number of methoxy groups -OCH3 is 1. The van der Waals surface area contributed by atoms with Gasteiger partial charge in [-0.15, -0.1) is 0 Å². The number of benzene rings is 2. The molecule has 1 atom stereocenters. The van der Waals surface area contributed by atoms with E-state index in [1.165, 1.54) is 18.5 Å². The van der Waals surface area contributed by atoms with Gasteiger partial charge in [-0.2, -0.15) is 0 Å². The second-order valence-corrected chi connectivity index (χ2v) is 6.17. The lowest BCUT2D eigenvalue weighted by Crippen LogP contribution is -2.30. The van der Waals surface area contributed by atoms with E-state index in [4.69, 9.17) is 9.47 Å². The van der Waals surface area contributed by atoms with Crippen molar-refractivity contribution in [2.75, 3.05) is 30.4 Å². The third-order valence-corrected chi connectivity index (χ3v) is 4.33. The van der Waals surface area contributed by atoms with Crippen molar-refractivity contribution < 1.29 is 14.3 Å². The van der Waals surface area contributed by atoms with Crippen molar-refractivity contribution in [2.24, 2.45) is 0 Å². The van der Waals surface area contributed by atoms with Crippen LogP contribution in [0.4, 0.5) is 11.4 Å². The van der Waals surface area contributed by atoms with Crippen LogP contribution in [0, 0.1) is 0 Å². The molecule has 0 aromatic heterocycles. The van der Waals surface area contributed by atoms with Crippen LogP contribution < -0.4 is 19.7 Å². The molecule has 25 heavy (non-hydrogen) atoms. The molecule has 3 rings (SSSR count). The van der Waals surface area contributed by atoms with Crippen molar-refractivity contribution in [3.05, 3.63) is 48.5 Å². The molecule has 1 fully saturated rings. The third kappa shape index (κ3) is 4.44. The van der Waals surface area contributed by atoms with E-state index in [0.717, 1.165) is 18.8 Å². The van der Waals surface area contributed by atoms with E-state index in [9.17, 15) is 4.79 Å². The number of hydrogen-bond acceptors (Lipinski definition) is 4. The van der Waals surface area contributed by atoms with E-state index in [2.05, 4.69) is 22.3 Å². The Kier molecular flexibility index (Phi) is 5.43. The lowest BCUT2D eigenvalue weighted by atomic mass is 10.2. The third-order valence-electron chi connectivity index (χ3n) is 4.33. The Morgan fingerprint density at radius 2 is 1.76 bits per heavy atom. The fourth-order valence-corrected chi connectivity index (χ4v) is 2.91. The molecule has 2 aromatic rings. The van der Waals surface area contributed by atoms with Gasteiger partial charge < -0.3 is 19.7 Å². The standard InChI is InChI=1S/C20H24N2O3/c1-15(25-19-7-5-6-18(14-19)24-2)20(23)21-16-8-10-17(11-9-16)22-12-3-4-13-22/h5-11,14-15H,3-4,12-13H2,1-2H3,(H,21,23)/t15-/m1/s1. The van der Waals surface area contributed by atoms with E-state index >= 15 is 0 Å². The molecule has 132 valence electrons. The number of ether oxygens (including phenoxy) is 2. The Morgan fingerprint density at radius 3 is 2.44 bits per heavy atom. The SMILES string of the molecule is COc1cccc(O[C@H](C)C(=O)Nc2ccc(N3CCCC3)cc2)c1. The fourth-order valence-electron chi connectivity index (χ4n) is 2.91. The highest BCUT2D eigenvalue weighted by atomic mass is 16.5. The summed E-state index contributed by atoms with van der Waals surface area (Å²) >= 11 is 0. The Morgan fingerprint density at radius 1 is 1.08 bits per heavy atom. The first-order valence-corrected chi connectivity index (χ1v) is 8.62. The minimum Gasteiger partial charge on any atom is -0.497 e. The predicted molar refractivity (Wildman–Crippen MR) is 99.6 cm³/mol. The monoisotopic (exact) mass is 340 g/mol. The van der Waals surface area contributed by atoms with E-state index in [1.54, 1.807) is 26.2 Å². The molecule has 2 aromatic carbocycles. The van der Waals surface area contributed by atoms with Crippen LogP contribution in [0.3, 0.4) is 0 Å². The van der Waals surface area contributed by atoms with Crippen molar-refractivity contribution in [1.82, 2.24) is 0 Å². The van der Waals surface area contributed by atoms with Gasteiger partial charge in [-0.05, 0) is 56.2 Å². The van der Waals surface area contributed by atoms with Crippen LogP contribution in [0.5, 0.6) is 11.5 Å². The zero-order valence-electron chi connectivity index (χ0n) is 14.7. The molecule has 1 amide bonds. The first kappa shape index (κ1) is 17.1. The number of nitrogens with one attached hydrogen (secondary N) is 1. The normalized spacial score (nSPS) is 14.9. The maximum Gasteiger partial charge on any atom is 0.265 e. The van der Waals surface area contributed by atoms with Crippen LogP contribution >= 0.6 is 0 Å². The van der Waals surface area contributed by atoms with Crippen LogP contribution in [0.1, 0.15) is 19.8 Å². The number of carbonyl (C=O) groups is 1. The number of nitrogens with zero attached hydrogens (tertiary/aromatic N) is 1. The van der Waals surface area contributed by atoms with Crippen molar-refractivity contribution in [2.45, 2.75) is 25.9 Å². The summed E-state index contributed by atoms with van der Waals surface area (Å²) in [6.45, 7) is 3.95. The van der Waals surface area contributed by atoms with Gasteiger partial charge in [0.1, 0.15) is 11.5 Å². The molecule has 1 saturated heterocycles. The molecule has 1 N–H and O–H groups in total.